The fourth-order valence-corrected chi connectivity index (χ4v) is 3.36. The van der Waals surface area contributed by atoms with Gasteiger partial charge < -0.3 is 29.5 Å². The zero-order valence-corrected chi connectivity index (χ0v) is 21.1. The molecule has 0 aliphatic rings. The Hall–Kier alpha value is 0.136. The van der Waals surface area contributed by atoms with Crippen molar-refractivity contribution in [2.45, 2.75) is 26.4 Å². The van der Waals surface area contributed by atoms with Crippen LogP contribution in [-0.2, 0) is 5.60 Å². The van der Waals surface area contributed by atoms with Gasteiger partial charge in [-0.25, -0.2) is 8.78 Å². The number of hydrogen-bond acceptors (Lipinski definition) is 2. The normalized spacial score (nSPS) is 9.54. The van der Waals surface area contributed by atoms with Crippen molar-refractivity contribution in [3.05, 3.63) is 75.5 Å². The predicted octanol–water partition coefficient (Wildman–Crippen LogP) is 2.68. The molecule has 0 saturated carbocycles. The zero-order valence-electron chi connectivity index (χ0n) is 14.9. The van der Waals surface area contributed by atoms with E-state index in [1.54, 1.807) is 38.1 Å². The third-order valence-corrected chi connectivity index (χ3v) is 4.21. The molecule has 1 N–H and O–H groups in total. The summed E-state index contributed by atoms with van der Waals surface area (Å²) in [7, 11) is 0. The van der Waals surface area contributed by atoms with Crippen LogP contribution in [0.3, 0.4) is 0 Å². The number of carbonyl (C=O) groups excluding carboxylic acids is 1. The number of aliphatic hydroxyl groups is 1. The van der Waals surface area contributed by atoms with Crippen molar-refractivity contribution in [1.29, 1.82) is 0 Å². The summed E-state index contributed by atoms with van der Waals surface area (Å²) in [5, 5.41) is 9.58. The van der Waals surface area contributed by atoms with Crippen molar-refractivity contribution >= 4 is 60.7 Å². The van der Waals surface area contributed by atoms with Crippen LogP contribution in [-0.4, -0.2) is 33.9 Å². The number of hydrogen-bond donors (Lipinski definition) is 1. The SMILES string of the molecule is CC(=O)c1c(F)cccc1Br.CC(C)(O)c1c(F)cccc1Br.[Br-].[CH3-].[Mg+2]. The average Bonchev–Trinajstić information content (AvgIpc) is 2.36. The largest absolute Gasteiger partial charge is 2.00 e. The van der Waals surface area contributed by atoms with Crippen molar-refractivity contribution < 1.29 is 35.7 Å². The summed E-state index contributed by atoms with van der Waals surface area (Å²) < 4.78 is 27.1. The summed E-state index contributed by atoms with van der Waals surface area (Å²) in [4.78, 5) is 10.8. The van der Waals surface area contributed by atoms with E-state index < -0.39 is 17.2 Å². The van der Waals surface area contributed by atoms with Gasteiger partial charge in [-0.05, 0) is 61.0 Å². The monoisotopic (exact) mass is 566 g/mol. The maximum atomic E-state index is 13.2. The minimum atomic E-state index is -1.15. The third-order valence-electron chi connectivity index (χ3n) is 2.89. The van der Waals surface area contributed by atoms with E-state index in [-0.39, 0.29) is 58.8 Å². The maximum absolute atomic E-state index is 13.2. The summed E-state index contributed by atoms with van der Waals surface area (Å²) in [5.74, 6) is -1.14. The van der Waals surface area contributed by atoms with Crippen LogP contribution in [0.4, 0.5) is 8.78 Å². The third kappa shape index (κ3) is 8.88. The van der Waals surface area contributed by atoms with Crippen LogP contribution < -0.4 is 17.0 Å². The van der Waals surface area contributed by atoms with Gasteiger partial charge in [0.25, 0.3) is 0 Å². The molecule has 0 amide bonds. The van der Waals surface area contributed by atoms with Gasteiger partial charge in [0.05, 0.1) is 11.2 Å². The molecule has 0 unspecified atom stereocenters. The summed E-state index contributed by atoms with van der Waals surface area (Å²) in [5.41, 5.74) is -0.734. The molecule has 140 valence electrons. The van der Waals surface area contributed by atoms with E-state index in [9.17, 15) is 18.7 Å². The Kier molecular flexibility index (Phi) is 15.8. The van der Waals surface area contributed by atoms with Crippen LogP contribution >= 0.6 is 31.9 Å². The molecule has 26 heavy (non-hydrogen) atoms. The Labute approximate surface area is 196 Å². The molecule has 2 aromatic rings. The Morgan fingerprint density at radius 2 is 1.42 bits per heavy atom. The van der Waals surface area contributed by atoms with Gasteiger partial charge in [0.15, 0.2) is 5.78 Å². The Balaban J connectivity index is -0.000000366. The number of halogens is 5. The maximum Gasteiger partial charge on any atom is 2.00 e. The number of carbonyl (C=O) groups is 1. The second-order valence-electron chi connectivity index (χ2n) is 5.31. The molecule has 0 fully saturated rings. The van der Waals surface area contributed by atoms with Crippen molar-refractivity contribution in [3.8, 4) is 0 Å². The number of Topliss-reactive ketones (excluding diaryl/α,β-unsaturated/α-hetero) is 1. The van der Waals surface area contributed by atoms with E-state index >= 15 is 0 Å². The Morgan fingerprint density at radius 1 is 1.00 bits per heavy atom. The van der Waals surface area contributed by atoms with Crippen LogP contribution in [0.15, 0.2) is 45.3 Å². The molecule has 2 rings (SSSR count). The molecule has 0 radical (unpaired) electrons. The quantitative estimate of drug-likeness (QED) is 0.344. The topological polar surface area (TPSA) is 37.3 Å². The zero-order chi connectivity index (χ0) is 17.8. The molecule has 2 nitrogen and oxygen atoms in total. The fourth-order valence-electron chi connectivity index (χ4n) is 1.92. The fraction of sp³-hybridized carbons (Fsp3) is 0.222. The first-order valence-electron chi connectivity index (χ1n) is 6.67. The predicted molar refractivity (Wildman–Crippen MR) is 106 cm³/mol. The molecule has 0 aliphatic carbocycles. The first-order valence-corrected chi connectivity index (χ1v) is 8.26. The van der Waals surface area contributed by atoms with Crippen LogP contribution in [0.5, 0.6) is 0 Å². The van der Waals surface area contributed by atoms with Gasteiger partial charge in [-0.15, -0.1) is 0 Å². The van der Waals surface area contributed by atoms with Gasteiger partial charge in [0.1, 0.15) is 11.6 Å². The van der Waals surface area contributed by atoms with Crippen molar-refractivity contribution in [2.24, 2.45) is 0 Å². The molecule has 0 atom stereocenters. The van der Waals surface area contributed by atoms with E-state index in [0.29, 0.717) is 14.5 Å². The van der Waals surface area contributed by atoms with Crippen molar-refractivity contribution in [3.63, 3.8) is 0 Å². The average molecular weight is 569 g/mol. The molecule has 0 heterocycles. The second kappa shape index (κ2) is 13.3. The number of rotatable bonds is 2. The first-order chi connectivity index (χ1) is 10.6. The molecular formula is C18H19Br3F2MgO2. The Bertz CT molecular complexity index is 680. The molecule has 8 heteroatoms. The van der Waals surface area contributed by atoms with E-state index in [2.05, 4.69) is 31.9 Å². The summed E-state index contributed by atoms with van der Waals surface area (Å²) in [6, 6.07) is 9.08. The van der Waals surface area contributed by atoms with E-state index in [1.807, 2.05) is 0 Å². The smallest absolute Gasteiger partial charge is 1.00 e. The van der Waals surface area contributed by atoms with Crippen LogP contribution in [0.25, 0.3) is 0 Å². The van der Waals surface area contributed by atoms with E-state index in [1.165, 1.54) is 19.1 Å². The van der Waals surface area contributed by atoms with E-state index in [4.69, 9.17) is 0 Å². The van der Waals surface area contributed by atoms with Gasteiger partial charge in [0.2, 0.25) is 0 Å². The minimum Gasteiger partial charge on any atom is -1.00 e. The van der Waals surface area contributed by atoms with Gasteiger partial charge in [0, 0.05) is 14.5 Å². The molecule has 0 aliphatic heterocycles. The molecular weight excluding hydrogens is 550 g/mol. The molecule has 0 spiro atoms. The summed E-state index contributed by atoms with van der Waals surface area (Å²) in [6.07, 6.45) is 0. The molecule has 0 saturated heterocycles. The molecule has 2 aromatic carbocycles. The number of ketones is 1. The van der Waals surface area contributed by atoms with Gasteiger partial charge in [-0.3, -0.25) is 4.79 Å². The second-order valence-corrected chi connectivity index (χ2v) is 7.02. The Morgan fingerprint density at radius 3 is 1.69 bits per heavy atom. The van der Waals surface area contributed by atoms with Crippen LogP contribution in [0, 0.1) is 19.1 Å². The van der Waals surface area contributed by atoms with E-state index in [0.717, 1.165) is 0 Å². The summed E-state index contributed by atoms with van der Waals surface area (Å²) in [6.45, 7) is 4.44. The van der Waals surface area contributed by atoms with Gasteiger partial charge >= 0.3 is 23.1 Å². The van der Waals surface area contributed by atoms with Crippen LogP contribution in [0.1, 0.15) is 36.7 Å². The standard InChI is InChI=1S/C9H10BrFO.C8H6BrFO.CH3.BrH.Mg/c1-9(2,12)8-6(10)4-3-5-7(8)11;1-5(11)8-6(9)3-2-4-7(8)10;;;/h3-5,12H,1-2H3;2-4H,1H3;1H3;1H;/q;;-1;;+2/p-1. The van der Waals surface area contributed by atoms with Gasteiger partial charge in [-0.2, -0.15) is 0 Å². The molecule has 0 aromatic heterocycles. The summed E-state index contributed by atoms with van der Waals surface area (Å²) >= 11 is 6.27. The minimum absolute atomic E-state index is 0. The first kappa shape index (κ1) is 30.9. The number of benzene rings is 2. The van der Waals surface area contributed by atoms with Crippen LogP contribution in [0.2, 0.25) is 0 Å². The van der Waals surface area contributed by atoms with Crippen molar-refractivity contribution in [1.82, 2.24) is 0 Å². The molecule has 0 bridgehead atoms. The van der Waals surface area contributed by atoms with Crippen molar-refractivity contribution in [2.75, 3.05) is 0 Å². The van der Waals surface area contributed by atoms with Gasteiger partial charge in [-0.1, -0.05) is 28.1 Å².